The zero-order chi connectivity index (χ0) is 8.10. The lowest BCUT2D eigenvalue weighted by molar-refractivity contribution is 1.47. The number of alkyl halides is 1. The molecule has 0 spiro atoms. The Balaban J connectivity index is 2.58. The number of nitrogens with one attached hydrogen (secondary N) is 1. The summed E-state index contributed by atoms with van der Waals surface area (Å²) in [5, 5.41) is 8.66. The van der Waals surface area contributed by atoms with Crippen LogP contribution in [0.1, 0.15) is 0 Å². The highest BCUT2D eigenvalue weighted by Crippen LogP contribution is 2.18. The number of thioether (sulfide) groups is 1. The van der Waals surface area contributed by atoms with Crippen LogP contribution in [0.3, 0.4) is 0 Å². The van der Waals surface area contributed by atoms with E-state index < -0.39 is 0 Å². The molecule has 1 rings (SSSR count). The molecule has 0 amide bonds. The van der Waals surface area contributed by atoms with Gasteiger partial charge in [-0.3, -0.25) is 5.41 Å². The highest BCUT2D eigenvalue weighted by atomic mass is 79.9. The standard InChI is InChI=1S/C8H8BrNS/c9-6-8(10)11-7-4-2-1-3-5-7/h1-5,10H,6H2. The fourth-order valence-electron chi connectivity index (χ4n) is 0.658. The van der Waals surface area contributed by atoms with Gasteiger partial charge in [0.15, 0.2) is 0 Å². The Kier molecular flexibility index (Phi) is 3.66. The van der Waals surface area contributed by atoms with Crippen LogP contribution >= 0.6 is 27.7 Å². The summed E-state index contributed by atoms with van der Waals surface area (Å²) in [7, 11) is 0. The summed E-state index contributed by atoms with van der Waals surface area (Å²) in [4.78, 5) is 1.12. The van der Waals surface area contributed by atoms with Crippen molar-refractivity contribution < 1.29 is 0 Å². The lowest BCUT2D eigenvalue weighted by atomic mass is 10.4. The van der Waals surface area contributed by atoms with Crippen LogP contribution in [0.15, 0.2) is 35.2 Å². The molecule has 3 heteroatoms. The van der Waals surface area contributed by atoms with Crippen LogP contribution < -0.4 is 0 Å². The topological polar surface area (TPSA) is 23.9 Å². The van der Waals surface area contributed by atoms with Crippen LogP contribution in [0, 0.1) is 5.41 Å². The Morgan fingerprint density at radius 2 is 2.00 bits per heavy atom. The number of rotatable bonds is 2. The zero-order valence-corrected chi connectivity index (χ0v) is 8.28. The van der Waals surface area contributed by atoms with Crippen LogP contribution in [0.4, 0.5) is 0 Å². The van der Waals surface area contributed by atoms with Crippen molar-refractivity contribution >= 4 is 32.7 Å². The molecule has 1 nitrogen and oxygen atoms in total. The zero-order valence-electron chi connectivity index (χ0n) is 5.88. The molecule has 0 aliphatic heterocycles. The SMILES string of the molecule is N=C(CBr)Sc1ccccc1. The molecular formula is C8H8BrNS. The van der Waals surface area contributed by atoms with Crippen molar-refractivity contribution in [2.45, 2.75) is 4.90 Å². The van der Waals surface area contributed by atoms with Gasteiger partial charge in [0, 0.05) is 4.90 Å². The summed E-state index contributed by atoms with van der Waals surface area (Å²) in [6, 6.07) is 9.93. The molecule has 0 fully saturated rings. The maximum atomic E-state index is 7.39. The van der Waals surface area contributed by atoms with Crippen molar-refractivity contribution in [3.05, 3.63) is 30.3 Å². The van der Waals surface area contributed by atoms with Gasteiger partial charge in [-0.1, -0.05) is 45.9 Å². The first-order chi connectivity index (χ1) is 5.33. The normalized spacial score (nSPS) is 9.55. The van der Waals surface area contributed by atoms with Crippen LogP contribution in [-0.4, -0.2) is 10.4 Å². The first kappa shape index (κ1) is 8.81. The molecule has 0 saturated carbocycles. The molecule has 0 unspecified atom stereocenters. The molecule has 0 bridgehead atoms. The van der Waals surface area contributed by atoms with Crippen LogP contribution in [0.25, 0.3) is 0 Å². The van der Waals surface area contributed by atoms with E-state index in [-0.39, 0.29) is 0 Å². The largest absolute Gasteiger partial charge is 0.297 e. The van der Waals surface area contributed by atoms with Crippen molar-refractivity contribution in [2.75, 3.05) is 5.33 Å². The molecule has 1 aromatic carbocycles. The third kappa shape index (κ3) is 3.08. The van der Waals surface area contributed by atoms with E-state index in [2.05, 4.69) is 15.9 Å². The molecule has 11 heavy (non-hydrogen) atoms. The van der Waals surface area contributed by atoms with E-state index in [0.717, 1.165) is 4.90 Å². The van der Waals surface area contributed by atoms with E-state index in [1.165, 1.54) is 11.8 Å². The van der Waals surface area contributed by atoms with E-state index in [0.29, 0.717) is 10.4 Å². The first-order valence-corrected chi connectivity index (χ1v) is 5.13. The average molecular weight is 230 g/mol. The number of hydrogen-bond donors (Lipinski definition) is 1. The van der Waals surface area contributed by atoms with E-state index in [1.54, 1.807) is 0 Å². The highest BCUT2D eigenvalue weighted by Gasteiger charge is 1.95. The summed E-state index contributed by atoms with van der Waals surface area (Å²) in [5.41, 5.74) is 0. The smallest absolute Gasteiger partial charge is 0.0794 e. The minimum absolute atomic E-state index is 0.632. The highest BCUT2D eigenvalue weighted by molar-refractivity contribution is 9.09. The molecule has 0 aliphatic carbocycles. The summed E-state index contributed by atoms with van der Waals surface area (Å²) >= 11 is 4.71. The Bertz CT molecular complexity index is 235. The lowest BCUT2D eigenvalue weighted by Gasteiger charge is -1.97. The maximum Gasteiger partial charge on any atom is 0.0794 e. The van der Waals surface area contributed by atoms with Crippen LogP contribution in [-0.2, 0) is 0 Å². The second-order valence-electron chi connectivity index (χ2n) is 1.97. The number of benzene rings is 1. The summed E-state index contributed by atoms with van der Waals surface area (Å²) in [6.45, 7) is 0. The van der Waals surface area contributed by atoms with Gasteiger partial charge in [-0.2, -0.15) is 0 Å². The first-order valence-electron chi connectivity index (χ1n) is 3.19. The average Bonchev–Trinajstić information content (AvgIpc) is 2.06. The Morgan fingerprint density at radius 1 is 1.36 bits per heavy atom. The Hall–Kier alpha value is -0.280. The fraction of sp³-hybridized carbons (Fsp3) is 0.125. The second-order valence-corrected chi connectivity index (χ2v) is 3.70. The van der Waals surface area contributed by atoms with E-state index in [1.807, 2.05) is 30.3 Å². The van der Waals surface area contributed by atoms with Crippen molar-refractivity contribution in [3.8, 4) is 0 Å². The third-order valence-electron chi connectivity index (χ3n) is 1.11. The van der Waals surface area contributed by atoms with E-state index in [4.69, 9.17) is 5.41 Å². The van der Waals surface area contributed by atoms with Crippen molar-refractivity contribution in [3.63, 3.8) is 0 Å². The summed E-state index contributed by atoms with van der Waals surface area (Å²) in [5.74, 6) is 0. The number of halogens is 1. The lowest BCUT2D eigenvalue weighted by Crippen LogP contribution is -1.88. The molecule has 1 aromatic rings. The second kappa shape index (κ2) is 4.57. The monoisotopic (exact) mass is 229 g/mol. The van der Waals surface area contributed by atoms with E-state index >= 15 is 0 Å². The summed E-state index contributed by atoms with van der Waals surface area (Å²) in [6.07, 6.45) is 0. The van der Waals surface area contributed by atoms with Crippen molar-refractivity contribution in [1.82, 2.24) is 0 Å². The number of hydrogen-bond acceptors (Lipinski definition) is 2. The molecule has 1 N–H and O–H groups in total. The predicted octanol–water partition coefficient (Wildman–Crippen LogP) is 3.15. The van der Waals surface area contributed by atoms with Crippen molar-refractivity contribution in [1.29, 1.82) is 5.41 Å². The van der Waals surface area contributed by atoms with Crippen LogP contribution in [0.2, 0.25) is 0 Å². The predicted molar refractivity (Wildman–Crippen MR) is 53.8 cm³/mol. The quantitative estimate of drug-likeness (QED) is 0.359. The van der Waals surface area contributed by atoms with Crippen LogP contribution in [0.5, 0.6) is 0 Å². The molecule has 0 aliphatic rings. The van der Waals surface area contributed by atoms with Crippen molar-refractivity contribution in [2.24, 2.45) is 0 Å². The van der Waals surface area contributed by atoms with Gasteiger partial charge in [0.25, 0.3) is 0 Å². The molecule has 0 saturated heterocycles. The molecule has 0 aromatic heterocycles. The minimum Gasteiger partial charge on any atom is -0.297 e. The van der Waals surface area contributed by atoms with Gasteiger partial charge in [-0.25, -0.2) is 0 Å². The Labute approximate surface area is 78.8 Å². The van der Waals surface area contributed by atoms with Gasteiger partial charge in [0.2, 0.25) is 0 Å². The van der Waals surface area contributed by atoms with E-state index in [9.17, 15) is 0 Å². The Morgan fingerprint density at radius 3 is 2.55 bits per heavy atom. The van der Waals surface area contributed by atoms with Gasteiger partial charge in [0.05, 0.1) is 10.4 Å². The van der Waals surface area contributed by atoms with Gasteiger partial charge in [-0.05, 0) is 12.1 Å². The molecular weight excluding hydrogens is 222 g/mol. The third-order valence-corrected chi connectivity index (χ3v) is 2.94. The summed E-state index contributed by atoms with van der Waals surface area (Å²) < 4.78 is 0. The maximum absolute atomic E-state index is 7.39. The molecule has 0 radical (unpaired) electrons. The molecule has 58 valence electrons. The molecule has 0 atom stereocenters. The van der Waals surface area contributed by atoms with Gasteiger partial charge in [0.1, 0.15) is 0 Å². The minimum atomic E-state index is 0.632. The fourth-order valence-corrected chi connectivity index (χ4v) is 1.63. The van der Waals surface area contributed by atoms with Gasteiger partial charge >= 0.3 is 0 Å². The van der Waals surface area contributed by atoms with Gasteiger partial charge in [-0.15, -0.1) is 0 Å². The molecule has 0 heterocycles. The van der Waals surface area contributed by atoms with Gasteiger partial charge < -0.3 is 0 Å².